The highest BCUT2D eigenvalue weighted by Gasteiger charge is 1.94. The second-order valence-corrected chi connectivity index (χ2v) is 3.54. The summed E-state index contributed by atoms with van der Waals surface area (Å²) in [7, 11) is 0. The Morgan fingerprint density at radius 3 is 2.53 bits per heavy atom. The Bertz CT molecular complexity index is 433. The summed E-state index contributed by atoms with van der Waals surface area (Å²) < 4.78 is 0. The first kappa shape index (κ1) is 11.7. The van der Waals surface area contributed by atoms with Gasteiger partial charge in [-0.3, -0.25) is 0 Å². The van der Waals surface area contributed by atoms with Gasteiger partial charge < -0.3 is 0 Å². The topological polar surface area (TPSA) is 48.8 Å². The van der Waals surface area contributed by atoms with Gasteiger partial charge in [-0.05, 0) is 23.7 Å². The molecule has 0 amide bonds. The van der Waals surface area contributed by atoms with E-state index in [1.165, 1.54) is 0 Å². The maximum atomic E-state index is 8.03. The fourth-order valence-electron chi connectivity index (χ4n) is 0.941. The van der Waals surface area contributed by atoms with Crippen LogP contribution in [-0.4, -0.2) is 6.54 Å². The van der Waals surface area contributed by atoms with Crippen molar-refractivity contribution in [2.75, 3.05) is 6.54 Å². The molecule has 0 atom stereocenters. The number of hydrogen-bond donors (Lipinski definition) is 0. The maximum Gasteiger partial charge on any atom is 0.0433 e. The Balaban J connectivity index is 2.67. The Hall–Kier alpha value is -1.33. The van der Waals surface area contributed by atoms with Crippen molar-refractivity contribution in [1.29, 1.82) is 0 Å². The normalized spacial score (nSPS) is 8.67. The van der Waals surface area contributed by atoms with E-state index in [2.05, 4.69) is 21.9 Å². The minimum Gasteiger partial charge on any atom is -0.0978 e. The van der Waals surface area contributed by atoms with Crippen LogP contribution in [0, 0.1) is 11.8 Å². The van der Waals surface area contributed by atoms with Crippen molar-refractivity contribution in [1.82, 2.24) is 0 Å². The van der Waals surface area contributed by atoms with Crippen LogP contribution in [0.2, 0.25) is 10.0 Å². The summed E-state index contributed by atoms with van der Waals surface area (Å²) in [6.45, 7) is 0.373. The third-order valence-corrected chi connectivity index (χ3v) is 1.93. The Morgan fingerprint density at radius 2 is 1.93 bits per heavy atom. The molecule has 0 spiro atoms. The molecule has 1 rings (SSSR count). The molecule has 5 heteroatoms. The first-order chi connectivity index (χ1) is 7.22. The monoisotopic (exact) mass is 239 g/mol. The van der Waals surface area contributed by atoms with Gasteiger partial charge >= 0.3 is 0 Å². The predicted molar refractivity (Wildman–Crippen MR) is 62.0 cm³/mol. The molecule has 1 aromatic rings. The average molecular weight is 240 g/mol. The van der Waals surface area contributed by atoms with Crippen LogP contribution >= 0.6 is 23.2 Å². The molecule has 0 aliphatic heterocycles. The van der Waals surface area contributed by atoms with E-state index in [0.29, 0.717) is 23.0 Å². The van der Waals surface area contributed by atoms with E-state index in [0.717, 1.165) is 5.56 Å². The standard InChI is InChI=1S/C10H7Cl2N3/c11-9-5-8(6-10(12)7-9)3-1-2-4-14-15-13/h5-7H,2,4H2. The maximum absolute atomic E-state index is 8.03. The minimum atomic E-state index is 0.373. The largest absolute Gasteiger partial charge is 0.0978 e. The number of azide groups is 1. The summed E-state index contributed by atoms with van der Waals surface area (Å²) in [5, 5.41) is 4.48. The first-order valence-electron chi connectivity index (χ1n) is 4.18. The molecule has 0 heterocycles. The van der Waals surface area contributed by atoms with E-state index >= 15 is 0 Å². The summed E-state index contributed by atoms with van der Waals surface area (Å²) in [6, 6.07) is 5.11. The van der Waals surface area contributed by atoms with E-state index in [-0.39, 0.29) is 0 Å². The SMILES string of the molecule is [N-]=[N+]=NCCC#Cc1cc(Cl)cc(Cl)c1. The second-order valence-electron chi connectivity index (χ2n) is 2.66. The van der Waals surface area contributed by atoms with Crippen LogP contribution in [0.3, 0.4) is 0 Å². The third kappa shape index (κ3) is 4.62. The van der Waals surface area contributed by atoms with Gasteiger partial charge in [0.2, 0.25) is 0 Å². The molecule has 0 bridgehead atoms. The van der Waals surface area contributed by atoms with Gasteiger partial charge in [0.15, 0.2) is 0 Å². The van der Waals surface area contributed by atoms with Crippen LogP contribution in [0.1, 0.15) is 12.0 Å². The fourth-order valence-corrected chi connectivity index (χ4v) is 1.47. The third-order valence-electron chi connectivity index (χ3n) is 1.50. The van der Waals surface area contributed by atoms with Crippen molar-refractivity contribution in [2.45, 2.75) is 6.42 Å². The fraction of sp³-hybridized carbons (Fsp3) is 0.200. The molecule has 0 saturated heterocycles. The number of hydrogen-bond acceptors (Lipinski definition) is 1. The van der Waals surface area contributed by atoms with Gasteiger partial charge in [0.05, 0.1) is 0 Å². The molecule has 0 aromatic heterocycles. The van der Waals surface area contributed by atoms with Crippen LogP contribution in [0.4, 0.5) is 0 Å². The molecule has 76 valence electrons. The predicted octanol–water partition coefficient (Wildman–Crippen LogP) is 4.05. The molecule has 0 aliphatic rings. The van der Waals surface area contributed by atoms with Crippen LogP contribution in [-0.2, 0) is 0 Å². The van der Waals surface area contributed by atoms with Crippen molar-refractivity contribution in [3.63, 3.8) is 0 Å². The molecular formula is C10H7Cl2N3. The van der Waals surface area contributed by atoms with Crippen molar-refractivity contribution in [3.05, 3.63) is 44.3 Å². The Labute approximate surface area is 97.6 Å². The first-order valence-corrected chi connectivity index (χ1v) is 4.94. The molecule has 3 nitrogen and oxygen atoms in total. The van der Waals surface area contributed by atoms with Gasteiger partial charge in [-0.25, -0.2) is 0 Å². The van der Waals surface area contributed by atoms with Crippen LogP contribution in [0.15, 0.2) is 23.3 Å². The van der Waals surface area contributed by atoms with Crippen LogP contribution in [0.25, 0.3) is 10.4 Å². The van der Waals surface area contributed by atoms with Crippen molar-refractivity contribution in [3.8, 4) is 11.8 Å². The molecule has 0 unspecified atom stereocenters. The lowest BCUT2D eigenvalue weighted by Gasteiger charge is -1.94. The van der Waals surface area contributed by atoms with Crippen molar-refractivity contribution < 1.29 is 0 Å². The van der Waals surface area contributed by atoms with Gasteiger partial charge in [0, 0.05) is 33.5 Å². The second kappa shape index (κ2) is 6.21. The number of rotatable bonds is 2. The van der Waals surface area contributed by atoms with E-state index in [1.54, 1.807) is 18.2 Å². The molecule has 1 aromatic carbocycles. The zero-order valence-corrected chi connectivity index (χ0v) is 9.26. The zero-order valence-electron chi connectivity index (χ0n) is 7.74. The van der Waals surface area contributed by atoms with Gasteiger partial charge in [-0.1, -0.05) is 40.2 Å². The van der Waals surface area contributed by atoms with E-state index < -0.39 is 0 Å². The van der Waals surface area contributed by atoms with Crippen LogP contribution < -0.4 is 0 Å². The summed E-state index contributed by atoms with van der Waals surface area (Å²) in [5.41, 5.74) is 8.79. The van der Waals surface area contributed by atoms with E-state index in [4.69, 9.17) is 28.7 Å². The van der Waals surface area contributed by atoms with E-state index in [9.17, 15) is 0 Å². The van der Waals surface area contributed by atoms with Gasteiger partial charge in [0.1, 0.15) is 0 Å². The smallest absolute Gasteiger partial charge is 0.0433 e. The molecule has 0 radical (unpaired) electrons. The quantitative estimate of drug-likeness (QED) is 0.246. The average Bonchev–Trinajstić information content (AvgIpc) is 2.16. The minimum absolute atomic E-state index is 0.373. The van der Waals surface area contributed by atoms with Crippen LogP contribution in [0.5, 0.6) is 0 Å². The molecule has 0 aliphatic carbocycles. The van der Waals surface area contributed by atoms with Gasteiger partial charge in [0.25, 0.3) is 0 Å². The molecular weight excluding hydrogens is 233 g/mol. The highest BCUT2D eigenvalue weighted by atomic mass is 35.5. The van der Waals surface area contributed by atoms with Gasteiger partial charge in [-0.15, -0.1) is 0 Å². The molecule has 0 N–H and O–H groups in total. The van der Waals surface area contributed by atoms with E-state index in [1.807, 2.05) is 0 Å². The number of halogens is 2. The lowest BCUT2D eigenvalue weighted by Crippen LogP contribution is -1.77. The summed E-state index contributed by atoms with van der Waals surface area (Å²) in [6.07, 6.45) is 0.522. The van der Waals surface area contributed by atoms with Crippen molar-refractivity contribution in [2.24, 2.45) is 5.11 Å². The Morgan fingerprint density at radius 1 is 1.27 bits per heavy atom. The molecule has 0 fully saturated rings. The lowest BCUT2D eigenvalue weighted by molar-refractivity contribution is 1.01. The highest BCUT2D eigenvalue weighted by Crippen LogP contribution is 2.18. The number of nitrogens with zero attached hydrogens (tertiary/aromatic N) is 3. The lowest BCUT2D eigenvalue weighted by atomic mass is 10.2. The van der Waals surface area contributed by atoms with Crippen molar-refractivity contribution >= 4 is 23.2 Å². The summed E-state index contributed by atoms with van der Waals surface area (Å²) in [5.74, 6) is 5.74. The number of benzene rings is 1. The molecule has 0 saturated carbocycles. The highest BCUT2D eigenvalue weighted by molar-refractivity contribution is 6.34. The van der Waals surface area contributed by atoms with Gasteiger partial charge in [-0.2, -0.15) is 0 Å². The Kier molecular flexibility index (Phi) is 4.86. The summed E-state index contributed by atoms with van der Waals surface area (Å²) >= 11 is 11.6. The zero-order chi connectivity index (χ0) is 11.1. The summed E-state index contributed by atoms with van der Waals surface area (Å²) in [4.78, 5) is 2.62. The molecule has 15 heavy (non-hydrogen) atoms.